The SMILES string of the molecule is CCCN(/C=C\CCc1ccccc1NC(=O)Nc1cc(C(C)(C)C)nn1-c1ccc(C)cc1)C(=O)OC(C)(C)C. The summed E-state index contributed by atoms with van der Waals surface area (Å²) in [5.74, 6) is 0.592. The fraction of sp³-hybridized carbons (Fsp3) is 0.424. The second-order valence-electron chi connectivity index (χ2n) is 12.2. The third-order valence-electron chi connectivity index (χ3n) is 6.22. The minimum Gasteiger partial charge on any atom is -0.443 e. The normalized spacial score (nSPS) is 11.9. The largest absolute Gasteiger partial charge is 0.443 e. The van der Waals surface area contributed by atoms with E-state index in [0.717, 1.165) is 34.6 Å². The van der Waals surface area contributed by atoms with Crippen LogP contribution >= 0.6 is 0 Å². The van der Waals surface area contributed by atoms with Crippen molar-refractivity contribution in [2.45, 2.75) is 85.7 Å². The quantitative estimate of drug-likeness (QED) is 0.276. The molecule has 3 amide bonds. The van der Waals surface area contributed by atoms with Gasteiger partial charge >= 0.3 is 12.1 Å². The number of hydrogen-bond donors (Lipinski definition) is 2. The fourth-order valence-electron chi connectivity index (χ4n) is 4.08. The molecule has 0 aliphatic rings. The molecule has 1 heterocycles. The number of benzene rings is 2. The first-order chi connectivity index (χ1) is 19.3. The number of para-hydroxylation sites is 1. The summed E-state index contributed by atoms with van der Waals surface area (Å²) in [6.07, 6.45) is 5.61. The molecule has 0 fully saturated rings. The van der Waals surface area contributed by atoms with Gasteiger partial charge in [0.1, 0.15) is 11.4 Å². The maximum absolute atomic E-state index is 13.2. The molecule has 2 N–H and O–H groups in total. The molecule has 0 spiro atoms. The van der Waals surface area contributed by atoms with Crippen molar-refractivity contribution in [3.63, 3.8) is 0 Å². The van der Waals surface area contributed by atoms with Crippen LogP contribution in [0.3, 0.4) is 0 Å². The van der Waals surface area contributed by atoms with E-state index in [1.54, 1.807) is 15.8 Å². The molecule has 0 atom stereocenters. The number of carbonyl (C=O) groups is 2. The van der Waals surface area contributed by atoms with Gasteiger partial charge in [0.2, 0.25) is 0 Å². The first kappa shape index (κ1) is 31.5. The molecule has 3 rings (SSSR count). The molecular formula is C33H45N5O3. The first-order valence-electron chi connectivity index (χ1n) is 14.3. The molecule has 8 nitrogen and oxygen atoms in total. The zero-order valence-electron chi connectivity index (χ0n) is 25.7. The van der Waals surface area contributed by atoms with Crippen LogP contribution in [-0.2, 0) is 16.6 Å². The first-order valence-corrected chi connectivity index (χ1v) is 14.3. The lowest BCUT2D eigenvalue weighted by atomic mass is 9.92. The summed E-state index contributed by atoms with van der Waals surface area (Å²) < 4.78 is 7.28. The number of aryl methyl sites for hydroxylation is 2. The van der Waals surface area contributed by atoms with Gasteiger partial charge in [-0.1, -0.05) is 69.7 Å². The topological polar surface area (TPSA) is 88.5 Å². The van der Waals surface area contributed by atoms with Crippen LogP contribution in [0.2, 0.25) is 0 Å². The number of nitrogens with one attached hydrogen (secondary N) is 2. The monoisotopic (exact) mass is 559 g/mol. The molecular weight excluding hydrogens is 514 g/mol. The molecule has 1 aromatic heterocycles. The number of anilines is 2. The zero-order chi connectivity index (χ0) is 30.2. The third-order valence-corrected chi connectivity index (χ3v) is 6.22. The lowest BCUT2D eigenvalue weighted by Gasteiger charge is -2.25. The molecule has 0 unspecified atom stereocenters. The Labute approximate surface area is 244 Å². The number of aromatic nitrogens is 2. The Balaban J connectivity index is 1.70. The van der Waals surface area contributed by atoms with E-state index in [1.807, 2.05) is 95.3 Å². The van der Waals surface area contributed by atoms with Crippen molar-refractivity contribution in [1.82, 2.24) is 14.7 Å². The molecule has 0 aliphatic carbocycles. The average Bonchev–Trinajstić information content (AvgIpc) is 3.30. The predicted octanol–water partition coefficient (Wildman–Crippen LogP) is 8.22. The summed E-state index contributed by atoms with van der Waals surface area (Å²) in [4.78, 5) is 27.3. The van der Waals surface area contributed by atoms with Crippen LogP contribution in [-0.4, -0.2) is 39.0 Å². The summed E-state index contributed by atoms with van der Waals surface area (Å²) >= 11 is 0. The summed E-state index contributed by atoms with van der Waals surface area (Å²) in [5.41, 5.74) is 3.90. The Morgan fingerprint density at radius 3 is 2.32 bits per heavy atom. The molecule has 220 valence electrons. The number of ether oxygens (including phenoxy) is 1. The molecule has 0 saturated carbocycles. The van der Waals surface area contributed by atoms with Gasteiger partial charge in [0.05, 0.1) is 11.4 Å². The van der Waals surface area contributed by atoms with Crippen LogP contribution in [0.15, 0.2) is 66.9 Å². The lowest BCUT2D eigenvalue weighted by molar-refractivity contribution is 0.0335. The highest BCUT2D eigenvalue weighted by atomic mass is 16.6. The van der Waals surface area contributed by atoms with E-state index in [-0.39, 0.29) is 17.5 Å². The molecule has 8 heteroatoms. The number of hydrogen-bond acceptors (Lipinski definition) is 4. The number of amides is 3. The van der Waals surface area contributed by atoms with Crippen LogP contribution in [0.5, 0.6) is 0 Å². The predicted molar refractivity (Wildman–Crippen MR) is 167 cm³/mol. The van der Waals surface area contributed by atoms with E-state index in [1.165, 1.54) is 0 Å². The number of rotatable bonds is 9. The lowest BCUT2D eigenvalue weighted by Crippen LogP contribution is -2.34. The van der Waals surface area contributed by atoms with Crippen molar-refractivity contribution in [1.29, 1.82) is 0 Å². The zero-order valence-corrected chi connectivity index (χ0v) is 25.7. The van der Waals surface area contributed by atoms with Crippen LogP contribution in [0.25, 0.3) is 5.69 Å². The van der Waals surface area contributed by atoms with Crippen LogP contribution in [0.4, 0.5) is 21.1 Å². The molecule has 0 saturated heterocycles. The summed E-state index contributed by atoms with van der Waals surface area (Å²) in [5, 5.41) is 10.8. The summed E-state index contributed by atoms with van der Waals surface area (Å²) in [7, 11) is 0. The van der Waals surface area contributed by atoms with E-state index >= 15 is 0 Å². The van der Waals surface area contributed by atoms with E-state index in [9.17, 15) is 9.59 Å². The average molecular weight is 560 g/mol. The van der Waals surface area contributed by atoms with Gasteiger partial charge in [0.25, 0.3) is 0 Å². The standard InChI is InChI=1S/C33H45N5O3/c1-9-21-37(31(40)41-33(6,7)8)22-13-12-15-25-14-10-11-16-27(25)34-30(39)35-29-23-28(32(3,4)5)36-38(29)26-19-17-24(2)18-20-26/h10-11,13-14,16-20,22-23H,9,12,15,21H2,1-8H3,(H2,34,35,39)/b22-13-. The summed E-state index contributed by atoms with van der Waals surface area (Å²) in [6, 6.07) is 17.3. The van der Waals surface area contributed by atoms with Gasteiger partial charge < -0.3 is 10.1 Å². The Morgan fingerprint density at radius 2 is 1.68 bits per heavy atom. The number of carbonyl (C=O) groups excluding carboxylic acids is 2. The van der Waals surface area contributed by atoms with Crippen LogP contribution in [0, 0.1) is 6.92 Å². The Bertz CT molecular complexity index is 1340. The number of nitrogens with zero attached hydrogens (tertiary/aromatic N) is 3. The molecule has 2 aromatic carbocycles. The van der Waals surface area contributed by atoms with E-state index in [2.05, 4.69) is 31.4 Å². The van der Waals surface area contributed by atoms with Gasteiger partial charge in [-0.3, -0.25) is 10.2 Å². The molecule has 41 heavy (non-hydrogen) atoms. The Kier molecular flexibility index (Phi) is 10.4. The van der Waals surface area contributed by atoms with Gasteiger partial charge in [-0.05, 0) is 70.7 Å². The molecule has 0 aliphatic heterocycles. The van der Waals surface area contributed by atoms with Crippen molar-refractivity contribution < 1.29 is 14.3 Å². The van der Waals surface area contributed by atoms with E-state index in [0.29, 0.717) is 25.2 Å². The highest BCUT2D eigenvalue weighted by molar-refractivity contribution is 6.00. The minimum absolute atomic E-state index is 0.181. The van der Waals surface area contributed by atoms with Gasteiger partial charge in [-0.25, -0.2) is 14.3 Å². The van der Waals surface area contributed by atoms with Crippen molar-refractivity contribution in [2.24, 2.45) is 0 Å². The Morgan fingerprint density at radius 1 is 1.00 bits per heavy atom. The fourth-order valence-corrected chi connectivity index (χ4v) is 4.08. The van der Waals surface area contributed by atoms with E-state index < -0.39 is 5.60 Å². The smallest absolute Gasteiger partial charge is 0.414 e. The van der Waals surface area contributed by atoms with Gasteiger partial charge in [-0.15, -0.1) is 0 Å². The van der Waals surface area contributed by atoms with Crippen molar-refractivity contribution in [2.75, 3.05) is 17.2 Å². The molecule has 0 bridgehead atoms. The second-order valence-corrected chi connectivity index (χ2v) is 12.2. The van der Waals surface area contributed by atoms with Gasteiger partial charge in [0.15, 0.2) is 0 Å². The minimum atomic E-state index is -0.547. The van der Waals surface area contributed by atoms with Gasteiger partial charge in [0, 0.05) is 29.9 Å². The third kappa shape index (κ3) is 9.52. The van der Waals surface area contributed by atoms with Crippen LogP contribution < -0.4 is 10.6 Å². The van der Waals surface area contributed by atoms with Crippen LogP contribution in [0.1, 0.15) is 78.1 Å². The van der Waals surface area contributed by atoms with Crippen molar-refractivity contribution in [3.05, 3.63) is 83.7 Å². The van der Waals surface area contributed by atoms with Gasteiger partial charge in [-0.2, -0.15) is 5.10 Å². The van der Waals surface area contributed by atoms with Crippen molar-refractivity contribution in [3.8, 4) is 5.69 Å². The number of urea groups is 1. The van der Waals surface area contributed by atoms with E-state index in [4.69, 9.17) is 9.84 Å². The second kappa shape index (κ2) is 13.5. The summed E-state index contributed by atoms with van der Waals surface area (Å²) in [6.45, 7) is 16.5. The van der Waals surface area contributed by atoms with Crippen molar-refractivity contribution >= 4 is 23.6 Å². The Hall–Kier alpha value is -4.07. The highest BCUT2D eigenvalue weighted by Crippen LogP contribution is 2.27. The molecule has 0 radical (unpaired) electrons. The maximum Gasteiger partial charge on any atom is 0.414 e. The molecule has 3 aromatic rings. The highest BCUT2D eigenvalue weighted by Gasteiger charge is 2.22. The number of allylic oxidation sites excluding steroid dienone is 1. The maximum atomic E-state index is 13.2.